The summed E-state index contributed by atoms with van der Waals surface area (Å²) < 4.78 is 12.2. The van der Waals surface area contributed by atoms with Gasteiger partial charge in [0.25, 0.3) is 5.91 Å². The van der Waals surface area contributed by atoms with E-state index in [0.29, 0.717) is 27.3 Å². The molecule has 0 atom stereocenters. The highest BCUT2D eigenvalue weighted by Gasteiger charge is 2.32. The molecule has 0 saturated carbocycles. The van der Waals surface area contributed by atoms with Gasteiger partial charge in [-0.05, 0) is 36.3 Å². The van der Waals surface area contributed by atoms with E-state index in [1.165, 1.54) is 17.3 Å². The molecule has 0 bridgehead atoms. The van der Waals surface area contributed by atoms with E-state index >= 15 is 0 Å². The fourth-order valence-electron chi connectivity index (χ4n) is 2.70. The lowest BCUT2D eigenvalue weighted by atomic mass is 10.1. The average Bonchev–Trinajstić information content (AvgIpc) is 3.16. The molecule has 1 fully saturated rings. The molecule has 1 saturated heterocycles. The molecule has 0 radical (unpaired) electrons. The fourth-order valence-corrected chi connectivity index (χ4v) is 4.38. The van der Waals surface area contributed by atoms with Gasteiger partial charge in [0.05, 0.1) is 11.4 Å². The van der Waals surface area contributed by atoms with Crippen LogP contribution in [-0.2, 0) is 11.3 Å². The summed E-state index contributed by atoms with van der Waals surface area (Å²) in [4.78, 5) is 15.0. The third-order valence-electron chi connectivity index (χ3n) is 4.11. The molecule has 4 nitrogen and oxygen atoms in total. The molecule has 7 heteroatoms. The predicted molar refractivity (Wildman–Crippen MR) is 110 cm³/mol. The van der Waals surface area contributed by atoms with Gasteiger partial charge in [-0.25, -0.2) is 0 Å². The van der Waals surface area contributed by atoms with Crippen molar-refractivity contribution in [3.8, 4) is 11.5 Å². The first-order valence-electron chi connectivity index (χ1n) is 7.91. The van der Waals surface area contributed by atoms with Crippen molar-refractivity contribution in [1.29, 1.82) is 0 Å². The average molecular weight is 448 g/mol. The number of thioether (sulfide) groups is 1. The topological polar surface area (TPSA) is 38.8 Å². The van der Waals surface area contributed by atoms with Gasteiger partial charge >= 0.3 is 0 Å². The maximum Gasteiger partial charge on any atom is 0.266 e. The van der Waals surface area contributed by atoms with Gasteiger partial charge in [0, 0.05) is 4.47 Å². The van der Waals surface area contributed by atoms with E-state index in [1.54, 1.807) is 4.90 Å². The van der Waals surface area contributed by atoms with E-state index in [2.05, 4.69) is 15.9 Å². The van der Waals surface area contributed by atoms with Crippen molar-refractivity contribution in [1.82, 2.24) is 4.90 Å². The van der Waals surface area contributed by atoms with Crippen molar-refractivity contribution in [3.63, 3.8) is 0 Å². The molecular weight excluding hydrogens is 434 g/mol. The molecule has 0 aromatic heterocycles. The monoisotopic (exact) mass is 447 g/mol. The smallest absolute Gasteiger partial charge is 0.266 e. The number of aryl methyl sites for hydroxylation is 1. The van der Waals surface area contributed by atoms with E-state index in [1.807, 2.05) is 49.4 Å². The van der Waals surface area contributed by atoms with Crippen LogP contribution in [0, 0.1) is 6.92 Å². The Balaban J connectivity index is 1.59. The van der Waals surface area contributed by atoms with Crippen molar-refractivity contribution in [3.05, 3.63) is 62.5 Å². The number of ether oxygens (including phenoxy) is 2. The van der Waals surface area contributed by atoms with Gasteiger partial charge in [0.1, 0.15) is 4.32 Å². The highest BCUT2D eigenvalue weighted by molar-refractivity contribution is 9.10. The Morgan fingerprint density at radius 2 is 1.92 bits per heavy atom. The molecule has 132 valence electrons. The molecule has 2 aliphatic rings. The minimum atomic E-state index is -0.0786. The summed E-state index contributed by atoms with van der Waals surface area (Å²) in [6.07, 6.45) is 1.83. The van der Waals surface area contributed by atoms with Gasteiger partial charge in [0.15, 0.2) is 11.5 Å². The second-order valence-corrected chi connectivity index (χ2v) is 8.51. The minimum Gasteiger partial charge on any atom is -0.454 e. The van der Waals surface area contributed by atoms with E-state index in [9.17, 15) is 4.79 Å². The molecule has 1 amide bonds. The van der Waals surface area contributed by atoms with Crippen LogP contribution in [0.25, 0.3) is 6.08 Å². The van der Waals surface area contributed by atoms with E-state index in [0.717, 1.165) is 15.6 Å². The zero-order valence-corrected chi connectivity index (χ0v) is 17.0. The van der Waals surface area contributed by atoms with Crippen LogP contribution in [0.4, 0.5) is 0 Å². The number of benzene rings is 2. The Labute approximate surface area is 169 Å². The van der Waals surface area contributed by atoms with Crippen LogP contribution >= 0.6 is 39.9 Å². The van der Waals surface area contributed by atoms with Crippen LogP contribution in [-0.4, -0.2) is 21.9 Å². The van der Waals surface area contributed by atoms with Crippen LogP contribution in [0.15, 0.2) is 45.8 Å². The van der Waals surface area contributed by atoms with Crippen LogP contribution in [0.3, 0.4) is 0 Å². The molecule has 2 heterocycles. The zero-order valence-electron chi connectivity index (χ0n) is 13.8. The lowest BCUT2D eigenvalue weighted by Gasteiger charge is -2.14. The zero-order chi connectivity index (χ0) is 18.3. The van der Waals surface area contributed by atoms with Crippen molar-refractivity contribution >= 4 is 56.2 Å². The number of halogens is 1. The summed E-state index contributed by atoms with van der Waals surface area (Å²) in [5, 5.41) is 0. The standard InChI is InChI=1S/C19H14BrNO3S2/c1-11-2-4-12(5-3-11)9-21-18(22)17(26-19(21)25)7-13-6-15-16(8-14(13)20)24-10-23-15/h2-8H,9-10H2,1H3/b17-7-. The Morgan fingerprint density at radius 1 is 1.23 bits per heavy atom. The molecule has 0 unspecified atom stereocenters. The Morgan fingerprint density at radius 3 is 2.65 bits per heavy atom. The highest BCUT2D eigenvalue weighted by atomic mass is 79.9. The predicted octanol–water partition coefficient (Wildman–Crippen LogP) is 4.89. The van der Waals surface area contributed by atoms with Crippen LogP contribution in [0.5, 0.6) is 11.5 Å². The number of carbonyl (C=O) groups excluding carboxylic acids is 1. The summed E-state index contributed by atoms with van der Waals surface area (Å²) in [7, 11) is 0. The molecule has 2 aromatic carbocycles. The third kappa shape index (κ3) is 3.39. The maximum atomic E-state index is 12.8. The molecule has 0 aliphatic carbocycles. The van der Waals surface area contributed by atoms with Gasteiger partial charge in [-0.15, -0.1) is 0 Å². The van der Waals surface area contributed by atoms with Crippen LogP contribution in [0.2, 0.25) is 0 Å². The van der Waals surface area contributed by atoms with Gasteiger partial charge in [-0.3, -0.25) is 9.69 Å². The summed E-state index contributed by atoms with van der Waals surface area (Å²) >= 11 is 10.3. The Bertz CT molecular complexity index is 941. The fraction of sp³-hybridized carbons (Fsp3) is 0.158. The first-order valence-corrected chi connectivity index (χ1v) is 9.93. The van der Waals surface area contributed by atoms with Gasteiger partial charge < -0.3 is 9.47 Å². The van der Waals surface area contributed by atoms with Crippen molar-refractivity contribution in [2.45, 2.75) is 13.5 Å². The summed E-state index contributed by atoms with van der Waals surface area (Å²) in [5.41, 5.74) is 3.09. The largest absolute Gasteiger partial charge is 0.454 e. The van der Waals surface area contributed by atoms with Crippen LogP contribution < -0.4 is 9.47 Å². The Kier molecular flexibility index (Phi) is 4.77. The van der Waals surface area contributed by atoms with Crippen molar-refractivity contribution in [2.24, 2.45) is 0 Å². The lowest BCUT2D eigenvalue weighted by molar-refractivity contribution is -0.122. The van der Waals surface area contributed by atoms with Crippen molar-refractivity contribution in [2.75, 3.05) is 6.79 Å². The van der Waals surface area contributed by atoms with E-state index in [4.69, 9.17) is 21.7 Å². The first-order chi connectivity index (χ1) is 12.5. The number of hydrogen-bond acceptors (Lipinski definition) is 5. The molecule has 4 rings (SSSR count). The van der Waals surface area contributed by atoms with Crippen LogP contribution in [0.1, 0.15) is 16.7 Å². The third-order valence-corrected chi connectivity index (χ3v) is 6.18. The maximum absolute atomic E-state index is 12.8. The molecular formula is C19H14BrNO3S2. The van der Waals surface area contributed by atoms with Gasteiger partial charge in [-0.1, -0.05) is 69.7 Å². The molecule has 0 spiro atoms. The van der Waals surface area contributed by atoms with Gasteiger partial charge in [-0.2, -0.15) is 0 Å². The molecule has 0 N–H and O–H groups in total. The second-order valence-electron chi connectivity index (χ2n) is 5.98. The molecule has 26 heavy (non-hydrogen) atoms. The number of amides is 1. The summed E-state index contributed by atoms with van der Waals surface area (Å²) in [5.74, 6) is 1.29. The quantitative estimate of drug-likeness (QED) is 0.494. The second kappa shape index (κ2) is 7.06. The molecule has 2 aliphatic heterocycles. The van der Waals surface area contributed by atoms with Crippen molar-refractivity contribution < 1.29 is 14.3 Å². The van der Waals surface area contributed by atoms with E-state index in [-0.39, 0.29) is 12.7 Å². The number of thiocarbonyl (C=S) groups is 1. The number of nitrogens with zero attached hydrogens (tertiary/aromatic N) is 1. The number of rotatable bonds is 3. The number of hydrogen-bond donors (Lipinski definition) is 0. The number of fused-ring (bicyclic) bond motifs is 1. The lowest BCUT2D eigenvalue weighted by Crippen LogP contribution is -2.27. The number of carbonyl (C=O) groups is 1. The first kappa shape index (κ1) is 17.6. The molecule has 2 aromatic rings. The highest BCUT2D eigenvalue weighted by Crippen LogP contribution is 2.40. The summed E-state index contributed by atoms with van der Waals surface area (Å²) in [6, 6.07) is 11.8. The van der Waals surface area contributed by atoms with Gasteiger partial charge in [0.2, 0.25) is 6.79 Å². The normalized spacial score (nSPS) is 17.5. The Hall–Kier alpha value is -1.83. The summed E-state index contributed by atoms with van der Waals surface area (Å²) in [6.45, 7) is 2.73. The minimum absolute atomic E-state index is 0.0786. The van der Waals surface area contributed by atoms with E-state index < -0.39 is 0 Å². The SMILES string of the molecule is Cc1ccc(CN2C(=O)/C(=C/c3cc4c(cc3Br)OCO4)SC2=S)cc1.